The van der Waals surface area contributed by atoms with Gasteiger partial charge in [-0.1, -0.05) is 77.7 Å². The molecule has 0 heterocycles. The van der Waals surface area contributed by atoms with E-state index in [0.29, 0.717) is 6.42 Å². The Kier molecular flexibility index (Phi) is 8.28. The predicted molar refractivity (Wildman–Crippen MR) is 161 cm³/mol. The molecule has 8 atom stereocenters. The zero-order valence-corrected chi connectivity index (χ0v) is 26.3. The fourth-order valence-electron chi connectivity index (χ4n) is 8.51. The first-order valence-electron chi connectivity index (χ1n) is 15.9. The first-order chi connectivity index (χ1) is 20.6. The smallest absolute Gasteiger partial charge is 0.338 e. The molecule has 0 aromatic heterocycles. The molecule has 0 radical (unpaired) electrons. The molecule has 0 amide bonds. The third-order valence-electron chi connectivity index (χ3n) is 10.9. The normalized spacial score (nSPS) is 38.3. The predicted octanol–water partition coefficient (Wildman–Crippen LogP) is 3.82. The van der Waals surface area contributed by atoms with Gasteiger partial charge >= 0.3 is 11.9 Å². The molecule has 0 unspecified atom stereocenters. The number of unbranched alkanes of at least 4 members (excludes halogenated alkanes) is 4. The molecule has 1 aromatic rings. The average Bonchev–Trinajstić information content (AvgIpc) is 3.41. The monoisotopic (exact) mass is 610 g/mol. The molecule has 0 aliphatic heterocycles. The number of hydrogen-bond donors (Lipinski definition) is 4. The van der Waals surface area contributed by atoms with Crippen molar-refractivity contribution in [2.45, 2.75) is 108 Å². The zero-order chi connectivity index (χ0) is 32.3. The Morgan fingerprint density at radius 3 is 2.32 bits per heavy atom. The number of esters is 2. The van der Waals surface area contributed by atoms with E-state index in [1.807, 2.05) is 13.8 Å². The van der Waals surface area contributed by atoms with Gasteiger partial charge in [0.15, 0.2) is 11.4 Å². The molecule has 2 fully saturated rings. The van der Waals surface area contributed by atoms with Crippen LogP contribution < -0.4 is 0 Å². The van der Waals surface area contributed by atoms with Crippen LogP contribution in [0.4, 0.5) is 0 Å². The fourth-order valence-corrected chi connectivity index (χ4v) is 8.51. The van der Waals surface area contributed by atoms with Crippen molar-refractivity contribution in [3.63, 3.8) is 0 Å². The van der Waals surface area contributed by atoms with Gasteiger partial charge in [0.1, 0.15) is 22.9 Å². The summed E-state index contributed by atoms with van der Waals surface area (Å²) in [5.74, 6) is -4.75. The zero-order valence-electron chi connectivity index (χ0n) is 26.3. The molecule has 44 heavy (non-hydrogen) atoms. The number of benzene rings is 1. The summed E-state index contributed by atoms with van der Waals surface area (Å²) in [7, 11) is 0. The number of hydrogen-bond acceptors (Lipinski definition) is 9. The first kappa shape index (κ1) is 32.5. The van der Waals surface area contributed by atoms with Gasteiger partial charge in [-0.25, -0.2) is 4.79 Å². The molecule has 2 saturated carbocycles. The highest BCUT2D eigenvalue weighted by Gasteiger charge is 2.87. The van der Waals surface area contributed by atoms with Gasteiger partial charge in [0.25, 0.3) is 0 Å². The molecule has 9 nitrogen and oxygen atoms in total. The lowest BCUT2D eigenvalue weighted by atomic mass is 9.61. The van der Waals surface area contributed by atoms with Crippen molar-refractivity contribution in [1.82, 2.24) is 0 Å². The summed E-state index contributed by atoms with van der Waals surface area (Å²) < 4.78 is 12.6. The summed E-state index contributed by atoms with van der Waals surface area (Å²) in [5.41, 5.74) is -7.83. The van der Waals surface area contributed by atoms with E-state index in [2.05, 4.69) is 6.92 Å². The highest BCUT2D eigenvalue weighted by Crippen LogP contribution is 2.77. The molecule has 4 aliphatic rings. The quantitative estimate of drug-likeness (QED) is 0.176. The highest BCUT2D eigenvalue weighted by atomic mass is 16.6. The summed E-state index contributed by atoms with van der Waals surface area (Å²) in [4.78, 5) is 40.4. The SMILES string of the molecule is CCCCCCCC(=O)O[C@@]12[C@H](OC(=O)c3ccccc3)[C@@H](C)[C@@]3(O)C(=C[C@](O)(CO)C[C@]4(O)C(=O)C(C)=C[C@@H]34)[C@@H]1C2(C)C. The number of rotatable bonds is 10. The van der Waals surface area contributed by atoms with Gasteiger partial charge in [-0.3, -0.25) is 9.59 Å². The van der Waals surface area contributed by atoms with Crippen molar-refractivity contribution in [3.8, 4) is 0 Å². The second-order valence-electron chi connectivity index (χ2n) is 14.0. The Morgan fingerprint density at radius 2 is 1.68 bits per heavy atom. The minimum atomic E-state index is -2.23. The van der Waals surface area contributed by atoms with E-state index in [9.17, 15) is 34.8 Å². The Morgan fingerprint density at radius 1 is 1.02 bits per heavy atom. The number of carbonyl (C=O) groups excluding carboxylic acids is 3. The maximum absolute atomic E-state index is 13.6. The number of ether oxygens (including phenoxy) is 2. The minimum absolute atomic E-state index is 0.171. The molecule has 4 N–H and O–H groups in total. The Hall–Kier alpha value is -2.85. The Labute approximate surface area is 259 Å². The van der Waals surface area contributed by atoms with Gasteiger partial charge in [-0.15, -0.1) is 0 Å². The van der Waals surface area contributed by atoms with E-state index in [1.165, 1.54) is 19.1 Å². The number of carbonyl (C=O) groups is 3. The molecule has 240 valence electrons. The van der Waals surface area contributed by atoms with Crippen molar-refractivity contribution in [2.24, 2.45) is 23.2 Å². The van der Waals surface area contributed by atoms with Gasteiger partial charge in [-0.2, -0.15) is 0 Å². The molecular formula is C35H46O9. The van der Waals surface area contributed by atoms with Crippen LogP contribution in [0.15, 0.2) is 53.6 Å². The molecule has 9 heteroatoms. The summed E-state index contributed by atoms with van der Waals surface area (Å²) in [6, 6.07) is 8.38. The standard InChI is InChI=1S/C35H46O9/c1-6-7-8-9-13-16-26(37)44-35-27(31(35,4)5)24-18-32(40,20-36)19-33(41)25(17-21(2)28(33)38)34(24,42)22(3)29(35)43-30(39)23-14-11-10-12-15-23/h10-12,14-15,17-18,22,25,27,29,36,40-42H,6-9,13,16,19-20H2,1-5H3/t22-,25-,27-,29-,32-,33-,34-,35-/m1/s1. The second-order valence-corrected chi connectivity index (χ2v) is 14.0. The highest BCUT2D eigenvalue weighted by molar-refractivity contribution is 6.05. The molecule has 1 aromatic carbocycles. The van der Waals surface area contributed by atoms with E-state index in [-0.39, 0.29) is 23.1 Å². The van der Waals surface area contributed by atoms with Crippen LogP contribution in [0, 0.1) is 23.2 Å². The lowest BCUT2D eigenvalue weighted by Crippen LogP contribution is -2.64. The third-order valence-corrected chi connectivity index (χ3v) is 10.9. The van der Waals surface area contributed by atoms with Gasteiger partial charge in [0.2, 0.25) is 0 Å². The van der Waals surface area contributed by atoms with Gasteiger partial charge < -0.3 is 29.9 Å². The molecule has 0 saturated heterocycles. The molecule has 4 aliphatic carbocycles. The summed E-state index contributed by atoms with van der Waals surface area (Å²) >= 11 is 0. The first-order valence-corrected chi connectivity index (χ1v) is 15.9. The van der Waals surface area contributed by atoms with E-state index in [0.717, 1.165) is 25.7 Å². The number of ketones is 1. The van der Waals surface area contributed by atoms with Crippen LogP contribution in [0.25, 0.3) is 0 Å². The number of aliphatic hydroxyl groups excluding tert-OH is 1. The van der Waals surface area contributed by atoms with Gasteiger partial charge in [-0.05, 0) is 42.7 Å². The topological polar surface area (TPSA) is 151 Å². The van der Waals surface area contributed by atoms with Crippen molar-refractivity contribution < 1.29 is 44.3 Å². The summed E-state index contributed by atoms with van der Waals surface area (Å²) in [5, 5.41) is 46.6. The lowest BCUT2D eigenvalue weighted by molar-refractivity contribution is -0.194. The van der Waals surface area contributed by atoms with Gasteiger partial charge in [0, 0.05) is 36.0 Å². The van der Waals surface area contributed by atoms with Crippen LogP contribution in [0.1, 0.15) is 89.9 Å². The summed E-state index contributed by atoms with van der Waals surface area (Å²) in [6.07, 6.45) is 5.99. The second kappa shape index (κ2) is 11.2. The number of aliphatic hydroxyl groups is 4. The van der Waals surface area contributed by atoms with Crippen LogP contribution >= 0.6 is 0 Å². The van der Waals surface area contributed by atoms with Gasteiger partial charge in [0.05, 0.1) is 12.2 Å². The van der Waals surface area contributed by atoms with E-state index in [4.69, 9.17) is 9.47 Å². The summed E-state index contributed by atoms with van der Waals surface area (Å²) in [6.45, 7) is 8.19. The lowest BCUT2D eigenvalue weighted by Gasteiger charge is -2.51. The molecule has 0 spiro atoms. The fraction of sp³-hybridized carbons (Fsp3) is 0.629. The van der Waals surface area contributed by atoms with Crippen LogP contribution in [0.5, 0.6) is 0 Å². The van der Waals surface area contributed by atoms with Crippen molar-refractivity contribution >= 4 is 17.7 Å². The Bertz CT molecular complexity index is 1380. The van der Waals surface area contributed by atoms with Crippen LogP contribution in [0.2, 0.25) is 0 Å². The number of fused-ring (bicyclic) bond motifs is 5. The minimum Gasteiger partial charge on any atom is -0.454 e. The molecule has 0 bridgehead atoms. The van der Waals surface area contributed by atoms with Crippen LogP contribution in [0.3, 0.4) is 0 Å². The third kappa shape index (κ3) is 4.70. The Balaban J connectivity index is 1.63. The average molecular weight is 611 g/mol. The molecular weight excluding hydrogens is 564 g/mol. The van der Waals surface area contributed by atoms with E-state index in [1.54, 1.807) is 37.3 Å². The maximum atomic E-state index is 13.6. The largest absolute Gasteiger partial charge is 0.454 e. The van der Waals surface area contributed by atoms with E-state index < -0.39 is 82.4 Å². The van der Waals surface area contributed by atoms with Crippen molar-refractivity contribution in [1.29, 1.82) is 0 Å². The van der Waals surface area contributed by atoms with Crippen LogP contribution in [-0.4, -0.2) is 73.3 Å². The number of Topliss-reactive ketones (excluding diaryl/α,β-unsaturated/α-hetero) is 1. The van der Waals surface area contributed by atoms with E-state index >= 15 is 0 Å². The maximum Gasteiger partial charge on any atom is 0.338 e. The van der Waals surface area contributed by atoms with Crippen molar-refractivity contribution in [2.75, 3.05) is 6.61 Å². The molecule has 5 rings (SSSR count). The van der Waals surface area contributed by atoms with Crippen LogP contribution in [-0.2, 0) is 19.1 Å². The van der Waals surface area contributed by atoms with Crippen molar-refractivity contribution in [3.05, 3.63) is 59.2 Å².